The van der Waals surface area contributed by atoms with Crippen molar-refractivity contribution in [3.05, 3.63) is 103 Å². The van der Waals surface area contributed by atoms with E-state index in [1.165, 1.54) is 13.0 Å². The van der Waals surface area contributed by atoms with Crippen LogP contribution in [0.1, 0.15) is 12.5 Å². The van der Waals surface area contributed by atoms with E-state index in [0.29, 0.717) is 11.4 Å². The van der Waals surface area contributed by atoms with E-state index in [9.17, 15) is 9.59 Å². The molecular weight excluding hydrogens is 444 g/mol. The van der Waals surface area contributed by atoms with Gasteiger partial charge in [0.1, 0.15) is 0 Å². The number of rotatable bonds is 7. The number of hydrogen-bond donors (Lipinski definition) is 3. The number of hydrogen-bond acceptors (Lipinski definition) is 4. The second-order valence-corrected chi connectivity index (χ2v) is 8.66. The molecule has 6 nitrogen and oxygen atoms in total. The molecule has 0 fully saturated rings. The second kappa shape index (κ2) is 10.6. The van der Waals surface area contributed by atoms with Crippen LogP contribution in [0.2, 0.25) is 0 Å². The largest absolute Gasteiger partial charge is 0.397 e. The number of nitrogens with two attached hydrogens (primary N) is 1. The highest BCUT2D eigenvalue weighted by molar-refractivity contribution is 7.97. The molecule has 34 heavy (non-hydrogen) atoms. The van der Waals surface area contributed by atoms with Crippen LogP contribution < -0.4 is 16.4 Å². The monoisotopic (exact) mass is 468 g/mol. The molecule has 2 amide bonds. The van der Waals surface area contributed by atoms with E-state index in [0.717, 1.165) is 27.3 Å². The number of benzene rings is 3. The van der Waals surface area contributed by atoms with E-state index >= 15 is 0 Å². The summed E-state index contributed by atoms with van der Waals surface area (Å²) in [5, 5.41) is 5.55. The molecule has 170 valence electrons. The van der Waals surface area contributed by atoms with Crippen molar-refractivity contribution in [2.24, 2.45) is 0 Å². The van der Waals surface area contributed by atoms with Crippen LogP contribution in [-0.2, 0) is 9.59 Å². The lowest BCUT2D eigenvalue weighted by molar-refractivity contribution is -0.114. The summed E-state index contributed by atoms with van der Waals surface area (Å²) in [4.78, 5) is 24.4. The quantitative estimate of drug-likeness (QED) is 0.233. The van der Waals surface area contributed by atoms with Gasteiger partial charge in [-0.2, -0.15) is 0 Å². The van der Waals surface area contributed by atoms with Gasteiger partial charge < -0.3 is 16.4 Å². The molecule has 0 aliphatic rings. The fraction of sp³-hybridized carbons (Fsp3) is 0.0370. The molecule has 0 saturated carbocycles. The summed E-state index contributed by atoms with van der Waals surface area (Å²) >= 11 is 1.58. The summed E-state index contributed by atoms with van der Waals surface area (Å²) < 4.78 is 1.99. The van der Waals surface area contributed by atoms with Gasteiger partial charge in [0.2, 0.25) is 11.8 Å². The van der Waals surface area contributed by atoms with Crippen LogP contribution in [0.5, 0.6) is 0 Å². The summed E-state index contributed by atoms with van der Waals surface area (Å²) in [7, 11) is 0. The lowest BCUT2D eigenvalue weighted by Gasteiger charge is -2.07. The van der Waals surface area contributed by atoms with Gasteiger partial charge in [-0.15, -0.1) is 0 Å². The van der Waals surface area contributed by atoms with Crippen molar-refractivity contribution in [3.8, 4) is 11.1 Å². The van der Waals surface area contributed by atoms with Gasteiger partial charge in [0.15, 0.2) is 0 Å². The molecule has 7 heteroatoms. The van der Waals surface area contributed by atoms with E-state index in [1.807, 2.05) is 58.8 Å². The molecule has 0 aliphatic heterocycles. The predicted octanol–water partition coefficient (Wildman–Crippen LogP) is 5.90. The van der Waals surface area contributed by atoms with Crippen molar-refractivity contribution < 1.29 is 9.59 Å². The number of aromatic nitrogens is 1. The number of carbonyl (C=O) groups excluding carboxylic acids is 2. The van der Waals surface area contributed by atoms with Gasteiger partial charge in [0.05, 0.1) is 11.4 Å². The Hall–Kier alpha value is -4.23. The van der Waals surface area contributed by atoms with Crippen LogP contribution in [0.3, 0.4) is 0 Å². The molecule has 1 aromatic heterocycles. The summed E-state index contributed by atoms with van der Waals surface area (Å²) in [5.74, 6) is -0.322. The minimum atomic E-state index is -0.237. The van der Waals surface area contributed by atoms with E-state index in [2.05, 4.69) is 34.9 Å². The number of nitrogens with zero attached hydrogens (tertiary/aromatic N) is 1. The molecule has 0 unspecified atom stereocenters. The molecule has 0 saturated heterocycles. The highest BCUT2D eigenvalue weighted by Crippen LogP contribution is 2.27. The Labute approximate surface area is 202 Å². The molecule has 3 aromatic carbocycles. The molecule has 0 spiro atoms. The maximum atomic E-state index is 12.2. The summed E-state index contributed by atoms with van der Waals surface area (Å²) in [6.07, 6.45) is 7.16. The lowest BCUT2D eigenvalue weighted by Crippen LogP contribution is -2.09. The average Bonchev–Trinajstić information content (AvgIpc) is 3.27. The van der Waals surface area contributed by atoms with Crippen molar-refractivity contribution in [1.82, 2.24) is 3.97 Å². The first-order valence-corrected chi connectivity index (χ1v) is 11.4. The van der Waals surface area contributed by atoms with E-state index in [1.54, 1.807) is 30.2 Å². The minimum absolute atomic E-state index is 0.0848. The van der Waals surface area contributed by atoms with Crippen LogP contribution in [0.25, 0.3) is 17.2 Å². The zero-order chi connectivity index (χ0) is 23.9. The SMILES string of the molecule is CC(=O)Nc1ccc(-c2ccc(Sn3ccc(/C=C/C(=O)Nc4ccccc4N)c3)cc2)cc1. The number of amides is 2. The van der Waals surface area contributed by atoms with Gasteiger partial charge in [-0.25, -0.2) is 0 Å². The molecule has 4 aromatic rings. The van der Waals surface area contributed by atoms with Crippen molar-refractivity contribution in [1.29, 1.82) is 0 Å². The van der Waals surface area contributed by atoms with Crippen LogP contribution in [0.4, 0.5) is 17.1 Å². The Morgan fingerprint density at radius 3 is 2.24 bits per heavy atom. The zero-order valence-corrected chi connectivity index (χ0v) is 19.4. The molecule has 0 bridgehead atoms. The van der Waals surface area contributed by atoms with Gasteiger partial charge in [-0.1, -0.05) is 36.4 Å². The standard InChI is InChI=1S/C27H24N4O2S/c1-19(32)29-23-11-7-21(8-12-23)22-9-13-24(14-10-22)34-31-17-16-20(18-31)6-15-27(33)30-26-5-3-2-4-25(26)28/h2-18H,28H2,1H3,(H,29,32)(H,30,33)/b15-6+. The molecule has 0 radical (unpaired) electrons. The molecule has 4 rings (SSSR count). The lowest BCUT2D eigenvalue weighted by atomic mass is 10.1. The fourth-order valence-electron chi connectivity index (χ4n) is 3.28. The van der Waals surface area contributed by atoms with Crippen molar-refractivity contribution >= 4 is 46.9 Å². The maximum Gasteiger partial charge on any atom is 0.248 e. The number of para-hydroxylation sites is 2. The summed E-state index contributed by atoms with van der Waals surface area (Å²) in [6, 6.07) is 25.1. The van der Waals surface area contributed by atoms with Crippen molar-refractivity contribution in [2.75, 3.05) is 16.4 Å². The maximum absolute atomic E-state index is 12.2. The third-order valence-corrected chi connectivity index (χ3v) is 5.86. The fourth-order valence-corrected chi connectivity index (χ4v) is 4.08. The van der Waals surface area contributed by atoms with E-state index < -0.39 is 0 Å². The van der Waals surface area contributed by atoms with Crippen LogP contribution in [0, 0.1) is 0 Å². The summed E-state index contributed by atoms with van der Waals surface area (Å²) in [6.45, 7) is 1.49. The van der Waals surface area contributed by atoms with Gasteiger partial charge in [-0.05, 0) is 77.2 Å². The van der Waals surface area contributed by atoms with Crippen molar-refractivity contribution in [3.63, 3.8) is 0 Å². The predicted molar refractivity (Wildman–Crippen MR) is 140 cm³/mol. The van der Waals surface area contributed by atoms with E-state index in [-0.39, 0.29) is 11.8 Å². The highest BCUT2D eigenvalue weighted by Gasteiger charge is 2.04. The topological polar surface area (TPSA) is 89.2 Å². The summed E-state index contributed by atoms with van der Waals surface area (Å²) in [5.41, 5.74) is 10.9. The first kappa shape index (κ1) is 22.9. The first-order chi connectivity index (χ1) is 16.5. The highest BCUT2D eigenvalue weighted by atomic mass is 32.2. The van der Waals surface area contributed by atoms with Gasteiger partial charge >= 0.3 is 0 Å². The normalized spacial score (nSPS) is 10.9. The van der Waals surface area contributed by atoms with Crippen molar-refractivity contribution in [2.45, 2.75) is 11.8 Å². The van der Waals surface area contributed by atoms with Crippen LogP contribution in [-0.4, -0.2) is 15.8 Å². The molecular formula is C27H24N4O2S. The zero-order valence-electron chi connectivity index (χ0n) is 18.6. The van der Waals surface area contributed by atoms with E-state index in [4.69, 9.17) is 5.73 Å². The third kappa shape index (κ3) is 6.17. The van der Waals surface area contributed by atoms with Gasteiger partial charge in [0, 0.05) is 36.0 Å². The second-order valence-electron chi connectivity index (χ2n) is 7.59. The Morgan fingerprint density at radius 2 is 1.56 bits per heavy atom. The molecule has 4 N–H and O–H groups in total. The minimum Gasteiger partial charge on any atom is -0.397 e. The number of nitrogen functional groups attached to an aromatic ring is 1. The van der Waals surface area contributed by atoms with Gasteiger partial charge in [-0.3, -0.25) is 13.6 Å². The van der Waals surface area contributed by atoms with Gasteiger partial charge in [0.25, 0.3) is 0 Å². The Balaban J connectivity index is 1.34. The first-order valence-electron chi connectivity index (χ1n) is 10.6. The molecule has 0 atom stereocenters. The molecule has 1 heterocycles. The number of carbonyl (C=O) groups is 2. The van der Waals surface area contributed by atoms with Crippen LogP contribution in [0.15, 0.2) is 102 Å². The number of anilines is 3. The Morgan fingerprint density at radius 1 is 0.882 bits per heavy atom. The Bertz CT molecular complexity index is 1330. The smallest absolute Gasteiger partial charge is 0.248 e. The number of nitrogens with one attached hydrogen (secondary N) is 2. The Kier molecular flexibility index (Phi) is 7.15. The van der Waals surface area contributed by atoms with Crippen LogP contribution >= 0.6 is 11.9 Å². The molecule has 0 aliphatic carbocycles. The third-order valence-electron chi connectivity index (χ3n) is 4.94. The average molecular weight is 469 g/mol.